The summed E-state index contributed by atoms with van der Waals surface area (Å²) in [5.41, 5.74) is 2.83. The van der Waals surface area contributed by atoms with E-state index < -0.39 is 0 Å². The van der Waals surface area contributed by atoms with Crippen molar-refractivity contribution in [3.63, 3.8) is 0 Å². The fourth-order valence-electron chi connectivity index (χ4n) is 2.57. The molecule has 0 aliphatic rings. The summed E-state index contributed by atoms with van der Waals surface area (Å²) in [4.78, 5) is 0. The van der Waals surface area contributed by atoms with Crippen LogP contribution in [0, 0.1) is 0 Å². The second-order valence-electron chi connectivity index (χ2n) is 6.82. The van der Waals surface area contributed by atoms with E-state index in [9.17, 15) is 0 Å². The van der Waals surface area contributed by atoms with E-state index in [2.05, 4.69) is 58.1 Å². The molecule has 21 heavy (non-hydrogen) atoms. The molecule has 0 fully saturated rings. The summed E-state index contributed by atoms with van der Waals surface area (Å²) >= 11 is 0. The van der Waals surface area contributed by atoms with Gasteiger partial charge in [0.15, 0.2) is 0 Å². The van der Waals surface area contributed by atoms with Gasteiger partial charge >= 0.3 is 0 Å². The summed E-state index contributed by atoms with van der Waals surface area (Å²) < 4.78 is 6.07. The average Bonchev–Trinajstić information content (AvgIpc) is 2.46. The van der Waals surface area contributed by atoms with Gasteiger partial charge < -0.3 is 10.1 Å². The van der Waals surface area contributed by atoms with Crippen LogP contribution in [0.3, 0.4) is 0 Å². The molecule has 0 bridgehead atoms. The van der Waals surface area contributed by atoms with Crippen LogP contribution in [-0.4, -0.2) is 19.7 Å². The molecule has 0 aliphatic carbocycles. The monoisotopic (exact) mass is 291 g/mol. The molecule has 2 heteroatoms. The Morgan fingerprint density at radius 1 is 1.19 bits per heavy atom. The molecule has 0 aliphatic heterocycles. The minimum absolute atomic E-state index is 0.122. The molecule has 120 valence electrons. The minimum Gasteiger partial charge on any atom is -0.493 e. The summed E-state index contributed by atoms with van der Waals surface area (Å²) in [6.45, 7) is 12.0. The van der Waals surface area contributed by atoms with Crippen LogP contribution in [0.2, 0.25) is 0 Å². The van der Waals surface area contributed by atoms with Crippen LogP contribution in [0.25, 0.3) is 0 Å². The van der Waals surface area contributed by atoms with E-state index >= 15 is 0 Å². The number of benzene rings is 1. The van der Waals surface area contributed by atoms with Gasteiger partial charge in [-0.3, -0.25) is 0 Å². The van der Waals surface area contributed by atoms with Crippen LogP contribution in [0.1, 0.15) is 65.0 Å². The molecule has 0 heterocycles. The van der Waals surface area contributed by atoms with Crippen LogP contribution < -0.4 is 10.1 Å². The second-order valence-corrected chi connectivity index (χ2v) is 6.82. The van der Waals surface area contributed by atoms with Gasteiger partial charge in [-0.2, -0.15) is 0 Å². The Morgan fingerprint density at radius 3 is 2.43 bits per heavy atom. The van der Waals surface area contributed by atoms with Crippen molar-refractivity contribution >= 4 is 0 Å². The van der Waals surface area contributed by atoms with Crippen molar-refractivity contribution in [3.05, 3.63) is 29.3 Å². The number of hydrogen-bond donors (Lipinski definition) is 1. The van der Waals surface area contributed by atoms with Gasteiger partial charge in [0, 0.05) is 6.04 Å². The largest absolute Gasteiger partial charge is 0.493 e. The lowest BCUT2D eigenvalue weighted by atomic mass is 9.85. The van der Waals surface area contributed by atoms with Gasteiger partial charge in [-0.05, 0) is 55.3 Å². The molecule has 0 saturated heterocycles. The van der Waals surface area contributed by atoms with E-state index in [0.29, 0.717) is 6.04 Å². The van der Waals surface area contributed by atoms with Gasteiger partial charge in [0.1, 0.15) is 5.75 Å². The zero-order valence-electron chi connectivity index (χ0n) is 14.8. The molecule has 1 aromatic carbocycles. The maximum atomic E-state index is 6.07. The molecule has 0 radical (unpaired) electrons. The van der Waals surface area contributed by atoms with E-state index in [1.54, 1.807) is 0 Å². The van der Waals surface area contributed by atoms with Crippen LogP contribution in [0.4, 0.5) is 0 Å². The third-order valence-electron chi connectivity index (χ3n) is 4.12. The van der Waals surface area contributed by atoms with Crippen molar-refractivity contribution < 1.29 is 4.74 Å². The van der Waals surface area contributed by atoms with Gasteiger partial charge in [0.25, 0.3) is 0 Å². The zero-order chi connectivity index (χ0) is 15.9. The van der Waals surface area contributed by atoms with Crippen LogP contribution >= 0.6 is 0 Å². The molecule has 0 spiro atoms. The number of aryl methyl sites for hydroxylation is 1. The standard InChI is InChI=1S/C19H33NO/c1-7-15-11-12-18(17(14-15)19(3,4)5)21-13-9-10-16(8-2)20-6/h11-12,14,16,20H,7-10,13H2,1-6H3. The first kappa shape index (κ1) is 18.0. The van der Waals surface area contributed by atoms with E-state index in [-0.39, 0.29) is 5.41 Å². The molecule has 1 unspecified atom stereocenters. The van der Waals surface area contributed by atoms with Crippen LogP contribution in [0.5, 0.6) is 5.75 Å². The van der Waals surface area contributed by atoms with Gasteiger partial charge in [0.05, 0.1) is 6.61 Å². The Labute approximate surface area is 131 Å². The Bertz CT molecular complexity index is 416. The Kier molecular flexibility index (Phi) is 7.24. The lowest BCUT2D eigenvalue weighted by Crippen LogP contribution is -2.24. The van der Waals surface area contributed by atoms with Gasteiger partial charge in [-0.1, -0.05) is 46.8 Å². The van der Waals surface area contributed by atoms with Gasteiger partial charge in [0.2, 0.25) is 0 Å². The van der Waals surface area contributed by atoms with Crippen molar-refractivity contribution in [2.75, 3.05) is 13.7 Å². The molecule has 1 atom stereocenters. The summed E-state index contributed by atoms with van der Waals surface area (Å²) in [5.74, 6) is 1.05. The third kappa shape index (κ3) is 5.70. The first-order valence-electron chi connectivity index (χ1n) is 8.35. The highest BCUT2D eigenvalue weighted by atomic mass is 16.5. The molecule has 0 saturated carbocycles. The molecule has 1 aromatic rings. The summed E-state index contributed by atoms with van der Waals surface area (Å²) in [6.07, 6.45) is 4.52. The third-order valence-corrected chi connectivity index (χ3v) is 4.12. The second kappa shape index (κ2) is 8.43. The van der Waals surface area contributed by atoms with E-state index in [1.807, 2.05) is 7.05 Å². The number of hydrogen-bond acceptors (Lipinski definition) is 2. The highest BCUT2D eigenvalue weighted by molar-refractivity contribution is 5.41. The van der Waals surface area contributed by atoms with Crippen molar-refractivity contribution in [3.8, 4) is 5.75 Å². The highest BCUT2D eigenvalue weighted by Gasteiger charge is 2.19. The molecule has 0 aromatic heterocycles. The summed E-state index contributed by atoms with van der Waals surface area (Å²) in [6, 6.07) is 7.25. The molecule has 1 rings (SSSR count). The van der Waals surface area contributed by atoms with Crippen LogP contribution in [-0.2, 0) is 11.8 Å². The number of ether oxygens (including phenoxy) is 1. The summed E-state index contributed by atoms with van der Waals surface area (Å²) in [7, 11) is 2.04. The average molecular weight is 291 g/mol. The number of rotatable bonds is 8. The summed E-state index contributed by atoms with van der Waals surface area (Å²) in [5, 5.41) is 3.35. The topological polar surface area (TPSA) is 21.3 Å². The normalized spacial score (nSPS) is 13.2. The molecule has 0 amide bonds. The lowest BCUT2D eigenvalue weighted by molar-refractivity contribution is 0.289. The fraction of sp³-hybridized carbons (Fsp3) is 0.684. The predicted molar refractivity (Wildman–Crippen MR) is 92.4 cm³/mol. The van der Waals surface area contributed by atoms with E-state index in [1.165, 1.54) is 24.0 Å². The quantitative estimate of drug-likeness (QED) is 0.701. The van der Waals surface area contributed by atoms with Crippen LogP contribution in [0.15, 0.2) is 18.2 Å². The maximum Gasteiger partial charge on any atom is 0.123 e. The molecule has 1 N–H and O–H groups in total. The maximum absolute atomic E-state index is 6.07. The lowest BCUT2D eigenvalue weighted by Gasteiger charge is -2.24. The SMILES string of the molecule is CCc1ccc(OCCCC(CC)NC)c(C(C)(C)C)c1. The predicted octanol–water partition coefficient (Wildman–Crippen LogP) is 4.70. The first-order chi connectivity index (χ1) is 9.92. The van der Waals surface area contributed by atoms with Crippen molar-refractivity contribution in [2.45, 2.75) is 71.8 Å². The molecular formula is C19H33NO. The Morgan fingerprint density at radius 2 is 1.90 bits per heavy atom. The Balaban J connectivity index is 2.66. The van der Waals surface area contributed by atoms with Gasteiger partial charge in [-0.15, -0.1) is 0 Å². The highest BCUT2D eigenvalue weighted by Crippen LogP contribution is 2.32. The minimum atomic E-state index is 0.122. The smallest absolute Gasteiger partial charge is 0.123 e. The Hall–Kier alpha value is -1.02. The molecule has 2 nitrogen and oxygen atoms in total. The zero-order valence-corrected chi connectivity index (χ0v) is 14.8. The van der Waals surface area contributed by atoms with Crippen molar-refractivity contribution in [2.24, 2.45) is 0 Å². The first-order valence-corrected chi connectivity index (χ1v) is 8.35. The molecular weight excluding hydrogens is 258 g/mol. The van der Waals surface area contributed by atoms with Crippen molar-refractivity contribution in [1.82, 2.24) is 5.32 Å². The fourth-order valence-corrected chi connectivity index (χ4v) is 2.57. The van der Waals surface area contributed by atoms with E-state index in [4.69, 9.17) is 4.74 Å². The van der Waals surface area contributed by atoms with Crippen molar-refractivity contribution in [1.29, 1.82) is 0 Å². The van der Waals surface area contributed by atoms with Gasteiger partial charge in [-0.25, -0.2) is 0 Å². The van der Waals surface area contributed by atoms with E-state index in [0.717, 1.165) is 25.2 Å². The number of nitrogens with one attached hydrogen (secondary N) is 1.